The van der Waals surface area contributed by atoms with Gasteiger partial charge in [-0.1, -0.05) is 11.6 Å². The predicted molar refractivity (Wildman–Crippen MR) is 90.4 cm³/mol. The molecular formula is C15H19ClN4O5. The number of carbonyl (C=O) groups is 3. The number of ether oxygens (including phenoxy) is 1. The van der Waals surface area contributed by atoms with Crippen molar-refractivity contribution in [2.75, 3.05) is 30.3 Å². The average molecular weight is 371 g/mol. The van der Waals surface area contributed by atoms with E-state index in [2.05, 4.69) is 4.98 Å². The Hall–Kier alpha value is -2.55. The molecule has 1 aliphatic heterocycles. The van der Waals surface area contributed by atoms with Crippen LogP contribution in [0.1, 0.15) is 19.8 Å². The van der Waals surface area contributed by atoms with Gasteiger partial charge in [0.15, 0.2) is 5.82 Å². The maximum absolute atomic E-state index is 12.6. The molecule has 2 amide bonds. The summed E-state index contributed by atoms with van der Waals surface area (Å²) in [6.07, 6.45) is 0.999. The van der Waals surface area contributed by atoms with Crippen LogP contribution in [0.5, 0.6) is 0 Å². The van der Waals surface area contributed by atoms with Gasteiger partial charge in [0.1, 0.15) is 0 Å². The van der Waals surface area contributed by atoms with E-state index in [1.807, 2.05) is 0 Å². The normalized spacial score (nSPS) is 14.9. The molecule has 0 saturated carbocycles. The lowest BCUT2D eigenvalue weighted by molar-refractivity contribution is -0.153. The highest BCUT2D eigenvalue weighted by molar-refractivity contribution is 6.38. The number of likely N-dealkylation sites (tertiary alicyclic amines) is 1. The van der Waals surface area contributed by atoms with Crippen LogP contribution in [0.3, 0.4) is 0 Å². The van der Waals surface area contributed by atoms with Crippen molar-refractivity contribution in [3.63, 3.8) is 0 Å². The summed E-state index contributed by atoms with van der Waals surface area (Å²) in [6.45, 7) is 2.12. The van der Waals surface area contributed by atoms with Crippen molar-refractivity contribution in [2.24, 2.45) is 0 Å². The van der Waals surface area contributed by atoms with Gasteiger partial charge in [-0.25, -0.2) is 14.6 Å². The van der Waals surface area contributed by atoms with Crippen molar-refractivity contribution in [3.05, 3.63) is 17.3 Å². The summed E-state index contributed by atoms with van der Waals surface area (Å²) >= 11 is 5.84. The molecule has 0 unspecified atom stereocenters. The Morgan fingerprint density at radius 1 is 1.44 bits per heavy atom. The van der Waals surface area contributed by atoms with Gasteiger partial charge in [0.05, 0.1) is 17.3 Å². The third-order valence-corrected chi connectivity index (χ3v) is 4.07. The Labute approximate surface area is 149 Å². The summed E-state index contributed by atoms with van der Waals surface area (Å²) in [5.41, 5.74) is 6.06. The third kappa shape index (κ3) is 4.30. The lowest BCUT2D eigenvalue weighted by Crippen LogP contribution is -2.51. The summed E-state index contributed by atoms with van der Waals surface area (Å²) < 4.78 is 4.79. The molecule has 0 spiro atoms. The van der Waals surface area contributed by atoms with Gasteiger partial charge < -0.3 is 20.5 Å². The fourth-order valence-corrected chi connectivity index (χ4v) is 2.86. The first-order valence-corrected chi connectivity index (χ1v) is 8.12. The van der Waals surface area contributed by atoms with Crippen LogP contribution in [0.25, 0.3) is 0 Å². The molecular weight excluding hydrogens is 352 g/mol. The fourth-order valence-electron chi connectivity index (χ4n) is 2.69. The van der Waals surface area contributed by atoms with Gasteiger partial charge in [0.25, 0.3) is 0 Å². The lowest BCUT2D eigenvalue weighted by atomic mass is 10.0. The highest BCUT2D eigenvalue weighted by Gasteiger charge is 2.36. The number of aromatic nitrogens is 1. The number of esters is 1. The molecule has 1 fully saturated rings. The number of carbonyl (C=O) groups excluding carboxylic acids is 2. The summed E-state index contributed by atoms with van der Waals surface area (Å²) in [4.78, 5) is 42.1. The first-order chi connectivity index (χ1) is 11.8. The molecule has 3 N–H and O–H groups in total. The number of hydrogen-bond donors (Lipinski definition) is 2. The number of rotatable bonds is 3. The SMILES string of the molecule is CCOC(=O)C(=O)N(c1ncc(Cl)cc1N)C1CCN(C(=O)O)CC1. The molecule has 2 rings (SSSR count). The molecule has 9 nitrogen and oxygen atoms in total. The Balaban J connectivity index is 2.31. The van der Waals surface area contributed by atoms with Crippen molar-refractivity contribution in [3.8, 4) is 0 Å². The molecule has 2 heterocycles. The van der Waals surface area contributed by atoms with Crippen LogP contribution in [-0.4, -0.2) is 58.7 Å². The van der Waals surface area contributed by atoms with E-state index in [9.17, 15) is 14.4 Å². The van der Waals surface area contributed by atoms with Crippen LogP contribution in [0.2, 0.25) is 5.02 Å². The number of carboxylic acid groups (broad SMARTS) is 1. The second-order valence-electron chi connectivity index (χ2n) is 5.46. The number of piperidine rings is 1. The smallest absolute Gasteiger partial charge is 0.407 e. The van der Waals surface area contributed by atoms with Crippen LogP contribution in [0.15, 0.2) is 12.3 Å². The Bertz CT molecular complexity index is 676. The zero-order valence-electron chi connectivity index (χ0n) is 13.6. The van der Waals surface area contributed by atoms with Gasteiger partial charge >= 0.3 is 18.0 Å². The number of anilines is 2. The minimum atomic E-state index is -1.02. The maximum Gasteiger partial charge on any atom is 0.407 e. The monoisotopic (exact) mass is 370 g/mol. The fraction of sp³-hybridized carbons (Fsp3) is 0.467. The van der Waals surface area contributed by atoms with Gasteiger partial charge in [0.2, 0.25) is 0 Å². The molecule has 1 saturated heterocycles. The molecule has 0 atom stereocenters. The standard InChI is InChI=1S/C15H19ClN4O5/c1-2-25-14(22)13(21)20(12-11(17)7-9(16)8-18-12)10-3-5-19(6-4-10)15(23)24/h7-8,10H,2-6,17H2,1H3,(H,23,24). The minimum absolute atomic E-state index is 0.0550. The topological polar surface area (TPSA) is 126 Å². The van der Waals surface area contributed by atoms with Gasteiger partial charge in [-0.15, -0.1) is 0 Å². The Morgan fingerprint density at radius 3 is 2.60 bits per heavy atom. The number of amides is 2. The number of nitrogen functional groups attached to an aromatic ring is 1. The van der Waals surface area contributed by atoms with Gasteiger partial charge in [-0.05, 0) is 25.8 Å². The van der Waals surface area contributed by atoms with Crippen LogP contribution in [0, 0.1) is 0 Å². The third-order valence-electron chi connectivity index (χ3n) is 3.86. The minimum Gasteiger partial charge on any atom is -0.465 e. The van der Waals surface area contributed by atoms with E-state index in [1.54, 1.807) is 6.92 Å². The van der Waals surface area contributed by atoms with E-state index in [4.69, 9.17) is 27.2 Å². The van der Waals surface area contributed by atoms with Crippen LogP contribution >= 0.6 is 11.6 Å². The van der Waals surface area contributed by atoms with E-state index in [1.165, 1.54) is 22.1 Å². The molecule has 10 heteroatoms. The molecule has 0 bridgehead atoms. The summed E-state index contributed by atoms with van der Waals surface area (Å²) in [6, 6.07) is 1.00. The molecule has 1 aromatic heterocycles. The van der Waals surface area contributed by atoms with Crippen LogP contribution < -0.4 is 10.6 Å². The maximum atomic E-state index is 12.6. The van der Waals surface area contributed by atoms with E-state index >= 15 is 0 Å². The number of pyridine rings is 1. The first-order valence-electron chi connectivity index (χ1n) is 7.74. The molecule has 1 aliphatic rings. The highest BCUT2D eigenvalue weighted by Crippen LogP contribution is 2.29. The largest absolute Gasteiger partial charge is 0.465 e. The Kier molecular flexibility index (Phi) is 6.02. The van der Waals surface area contributed by atoms with Crippen molar-refractivity contribution in [1.82, 2.24) is 9.88 Å². The first kappa shape index (κ1) is 18.8. The van der Waals surface area contributed by atoms with Crippen LogP contribution in [-0.2, 0) is 14.3 Å². The summed E-state index contributed by atoms with van der Waals surface area (Å²) in [5, 5.41) is 9.34. The molecule has 1 aromatic rings. The summed E-state index contributed by atoms with van der Waals surface area (Å²) in [7, 11) is 0. The van der Waals surface area contributed by atoms with Crippen LogP contribution in [0.4, 0.5) is 16.3 Å². The predicted octanol–water partition coefficient (Wildman–Crippen LogP) is 1.36. The van der Waals surface area contributed by atoms with Crippen molar-refractivity contribution >= 4 is 41.1 Å². The molecule has 25 heavy (non-hydrogen) atoms. The zero-order valence-corrected chi connectivity index (χ0v) is 14.4. The lowest BCUT2D eigenvalue weighted by Gasteiger charge is -2.36. The van der Waals surface area contributed by atoms with E-state index in [0.29, 0.717) is 17.9 Å². The molecule has 0 radical (unpaired) electrons. The van der Waals surface area contributed by atoms with Crippen molar-refractivity contribution in [2.45, 2.75) is 25.8 Å². The summed E-state index contributed by atoms with van der Waals surface area (Å²) in [5.74, 6) is -1.80. The molecule has 0 aromatic carbocycles. The molecule has 0 aliphatic carbocycles. The van der Waals surface area contributed by atoms with E-state index in [-0.39, 0.29) is 31.2 Å². The van der Waals surface area contributed by atoms with Gasteiger partial charge in [-0.3, -0.25) is 9.69 Å². The van der Waals surface area contributed by atoms with E-state index < -0.39 is 24.0 Å². The number of nitrogens with zero attached hydrogens (tertiary/aromatic N) is 3. The Morgan fingerprint density at radius 2 is 2.08 bits per heavy atom. The van der Waals surface area contributed by atoms with Gasteiger partial charge in [0, 0.05) is 25.3 Å². The molecule has 136 valence electrons. The number of halogens is 1. The average Bonchev–Trinajstić information content (AvgIpc) is 2.57. The number of nitrogens with two attached hydrogens (primary N) is 1. The number of hydrogen-bond acceptors (Lipinski definition) is 6. The highest BCUT2D eigenvalue weighted by atomic mass is 35.5. The second kappa shape index (κ2) is 8.02. The van der Waals surface area contributed by atoms with Crippen molar-refractivity contribution < 1.29 is 24.2 Å². The van der Waals surface area contributed by atoms with Crippen molar-refractivity contribution in [1.29, 1.82) is 0 Å². The zero-order chi connectivity index (χ0) is 18.6. The quantitative estimate of drug-likeness (QED) is 0.607. The van der Waals surface area contributed by atoms with Gasteiger partial charge in [-0.2, -0.15) is 0 Å². The van der Waals surface area contributed by atoms with E-state index in [0.717, 1.165) is 0 Å². The second-order valence-corrected chi connectivity index (χ2v) is 5.90.